The highest BCUT2D eigenvalue weighted by Gasteiger charge is 2.35. The summed E-state index contributed by atoms with van der Waals surface area (Å²) in [5.74, 6) is 0.329. The fourth-order valence-corrected chi connectivity index (χ4v) is 3.37. The molecule has 7 heteroatoms. The van der Waals surface area contributed by atoms with Crippen molar-refractivity contribution in [1.29, 1.82) is 0 Å². The Bertz CT molecular complexity index is 1040. The van der Waals surface area contributed by atoms with Gasteiger partial charge in [0, 0.05) is 29.9 Å². The molecule has 2 heterocycles. The summed E-state index contributed by atoms with van der Waals surface area (Å²) in [6, 6.07) is 14.9. The average molecular weight is 376 g/mol. The van der Waals surface area contributed by atoms with Gasteiger partial charge in [-0.05, 0) is 43.7 Å². The van der Waals surface area contributed by atoms with Gasteiger partial charge in [-0.15, -0.1) is 0 Å². The number of carbonyl (C=O) groups excluding carboxylic acids is 2. The number of carbonyl (C=O) groups is 2. The lowest BCUT2D eigenvalue weighted by Crippen LogP contribution is -2.28. The topological polar surface area (TPSA) is 88.3 Å². The molecule has 0 saturated carbocycles. The van der Waals surface area contributed by atoms with Gasteiger partial charge < -0.3 is 14.7 Å². The van der Waals surface area contributed by atoms with Crippen LogP contribution in [0.25, 0.3) is 11.5 Å². The van der Waals surface area contributed by atoms with E-state index in [4.69, 9.17) is 4.52 Å². The highest BCUT2D eigenvalue weighted by Crippen LogP contribution is 2.29. The van der Waals surface area contributed by atoms with Gasteiger partial charge >= 0.3 is 0 Å². The van der Waals surface area contributed by atoms with E-state index in [-0.39, 0.29) is 18.2 Å². The Morgan fingerprint density at radius 2 is 2.00 bits per heavy atom. The lowest BCUT2D eigenvalue weighted by atomic mass is 10.1. The second-order valence-corrected chi connectivity index (χ2v) is 6.91. The van der Waals surface area contributed by atoms with Crippen molar-refractivity contribution in [2.75, 3.05) is 16.8 Å². The number of para-hydroxylation sites is 1. The zero-order valence-electron chi connectivity index (χ0n) is 15.7. The average Bonchev–Trinajstić information content (AvgIpc) is 3.28. The zero-order chi connectivity index (χ0) is 19.7. The van der Waals surface area contributed by atoms with Crippen molar-refractivity contribution in [1.82, 2.24) is 10.1 Å². The molecule has 1 atom stereocenters. The van der Waals surface area contributed by atoms with Crippen molar-refractivity contribution in [3.8, 4) is 11.5 Å². The number of nitrogens with zero attached hydrogens (tertiary/aromatic N) is 3. The van der Waals surface area contributed by atoms with E-state index in [1.807, 2.05) is 43.3 Å². The van der Waals surface area contributed by atoms with Crippen molar-refractivity contribution in [2.24, 2.45) is 5.92 Å². The molecule has 0 aliphatic carbocycles. The fraction of sp³-hybridized carbons (Fsp3) is 0.238. The van der Waals surface area contributed by atoms with Crippen molar-refractivity contribution in [3.05, 3.63) is 59.9 Å². The third kappa shape index (κ3) is 3.51. The molecule has 7 nitrogen and oxygen atoms in total. The Morgan fingerprint density at radius 1 is 1.18 bits per heavy atom. The van der Waals surface area contributed by atoms with Gasteiger partial charge in [-0.2, -0.15) is 4.98 Å². The number of hydrogen-bond acceptors (Lipinski definition) is 5. The molecule has 0 radical (unpaired) electrons. The van der Waals surface area contributed by atoms with E-state index in [1.54, 1.807) is 24.0 Å². The first-order valence-corrected chi connectivity index (χ1v) is 9.09. The highest BCUT2D eigenvalue weighted by molar-refractivity contribution is 6.04. The van der Waals surface area contributed by atoms with Crippen LogP contribution in [-0.2, 0) is 9.59 Å². The number of amides is 2. The van der Waals surface area contributed by atoms with Crippen LogP contribution in [0, 0.1) is 19.8 Å². The van der Waals surface area contributed by atoms with Crippen molar-refractivity contribution >= 4 is 23.2 Å². The summed E-state index contributed by atoms with van der Waals surface area (Å²) in [6.45, 7) is 4.08. The minimum atomic E-state index is -0.401. The molecular weight excluding hydrogens is 356 g/mol. The van der Waals surface area contributed by atoms with Gasteiger partial charge in [-0.3, -0.25) is 9.59 Å². The quantitative estimate of drug-likeness (QED) is 0.754. The first-order valence-electron chi connectivity index (χ1n) is 9.09. The predicted molar refractivity (Wildman–Crippen MR) is 105 cm³/mol. The molecule has 1 aromatic heterocycles. The van der Waals surface area contributed by atoms with E-state index >= 15 is 0 Å². The molecule has 2 aromatic carbocycles. The second-order valence-electron chi connectivity index (χ2n) is 6.91. The van der Waals surface area contributed by atoms with Gasteiger partial charge in [-0.25, -0.2) is 0 Å². The third-order valence-electron chi connectivity index (χ3n) is 4.81. The van der Waals surface area contributed by atoms with Gasteiger partial charge in [0.2, 0.25) is 11.8 Å². The standard InChI is InChI=1S/C21H20N4O3/c1-13-6-3-4-9-18(13)25-12-16(11-19(25)26)20(27)23-17-8-5-7-15(10-17)21-22-14(2)24-28-21/h3-10,16H,11-12H2,1-2H3,(H,23,27)/t16-/m1/s1. The van der Waals surface area contributed by atoms with E-state index in [1.165, 1.54) is 0 Å². The summed E-state index contributed by atoms with van der Waals surface area (Å²) in [5, 5.41) is 6.68. The molecule has 2 amide bonds. The normalized spacial score (nSPS) is 16.4. The van der Waals surface area contributed by atoms with Gasteiger partial charge in [0.15, 0.2) is 5.82 Å². The third-order valence-corrected chi connectivity index (χ3v) is 4.81. The number of anilines is 2. The first-order chi connectivity index (χ1) is 13.5. The SMILES string of the molecule is Cc1noc(-c2cccc(NC(=O)[C@@H]3CC(=O)N(c4ccccc4C)C3)c2)n1. The minimum Gasteiger partial charge on any atom is -0.334 e. The highest BCUT2D eigenvalue weighted by atomic mass is 16.5. The van der Waals surface area contributed by atoms with Gasteiger partial charge in [0.05, 0.1) is 5.92 Å². The molecule has 0 spiro atoms. The molecule has 1 aliphatic rings. The lowest BCUT2D eigenvalue weighted by molar-refractivity contribution is -0.122. The van der Waals surface area contributed by atoms with Crippen molar-refractivity contribution < 1.29 is 14.1 Å². The van der Waals surface area contributed by atoms with E-state index in [9.17, 15) is 9.59 Å². The molecule has 1 fully saturated rings. The van der Waals surface area contributed by atoms with E-state index in [2.05, 4.69) is 15.5 Å². The molecule has 142 valence electrons. The summed E-state index contributed by atoms with van der Waals surface area (Å²) in [7, 11) is 0. The zero-order valence-corrected chi connectivity index (χ0v) is 15.7. The Hall–Kier alpha value is -3.48. The van der Waals surface area contributed by atoms with Crippen LogP contribution in [0.2, 0.25) is 0 Å². The molecule has 4 rings (SSSR count). The lowest BCUT2D eigenvalue weighted by Gasteiger charge is -2.19. The minimum absolute atomic E-state index is 0.0375. The van der Waals surface area contributed by atoms with Crippen LogP contribution in [0.1, 0.15) is 17.8 Å². The fourth-order valence-electron chi connectivity index (χ4n) is 3.37. The molecule has 3 aromatic rings. The van der Waals surface area contributed by atoms with Crippen molar-refractivity contribution in [3.63, 3.8) is 0 Å². The summed E-state index contributed by atoms with van der Waals surface area (Å²) in [4.78, 5) is 31.1. The van der Waals surface area contributed by atoms with E-state index < -0.39 is 5.92 Å². The number of benzene rings is 2. The number of rotatable bonds is 4. The molecule has 28 heavy (non-hydrogen) atoms. The Balaban J connectivity index is 1.47. The molecule has 0 unspecified atom stereocenters. The van der Waals surface area contributed by atoms with E-state index in [0.717, 1.165) is 16.8 Å². The Kier molecular flexibility index (Phi) is 4.65. The van der Waals surface area contributed by atoms with Crippen LogP contribution in [0.15, 0.2) is 53.1 Å². The Labute approximate surface area is 162 Å². The first kappa shape index (κ1) is 17.9. The maximum Gasteiger partial charge on any atom is 0.257 e. The van der Waals surface area contributed by atoms with Gasteiger partial charge in [-0.1, -0.05) is 29.4 Å². The largest absolute Gasteiger partial charge is 0.334 e. The summed E-state index contributed by atoms with van der Waals surface area (Å²) >= 11 is 0. The van der Waals surface area contributed by atoms with Crippen LogP contribution < -0.4 is 10.2 Å². The second kappa shape index (κ2) is 7.26. The molecule has 1 aliphatic heterocycles. The predicted octanol–water partition coefficient (Wildman–Crippen LogP) is 3.35. The molecule has 1 N–H and O–H groups in total. The summed E-state index contributed by atoms with van der Waals surface area (Å²) in [5.41, 5.74) is 3.22. The van der Waals surface area contributed by atoms with Crippen LogP contribution in [0.3, 0.4) is 0 Å². The number of aryl methyl sites for hydroxylation is 2. The molecule has 1 saturated heterocycles. The maximum atomic E-state index is 12.7. The number of nitrogens with one attached hydrogen (secondary N) is 1. The van der Waals surface area contributed by atoms with Crippen LogP contribution in [0.4, 0.5) is 11.4 Å². The van der Waals surface area contributed by atoms with Crippen molar-refractivity contribution in [2.45, 2.75) is 20.3 Å². The number of hydrogen-bond donors (Lipinski definition) is 1. The van der Waals surface area contributed by atoms with E-state index in [0.29, 0.717) is 23.9 Å². The van der Waals surface area contributed by atoms with Gasteiger partial charge in [0.1, 0.15) is 0 Å². The van der Waals surface area contributed by atoms with Crippen LogP contribution >= 0.6 is 0 Å². The monoisotopic (exact) mass is 376 g/mol. The Morgan fingerprint density at radius 3 is 2.75 bits per heavy atom. The van der Waals surface area contributed by atoms with Crippen LogP contribution in [0.5, 0.6) is 0 Å². The summed E-state index contributed by atoms with van der Waals surface area (Å²) in [6.07, 6.45) is 0.197. The maximum absolute atomic E-state index is 12.7. The molecule has 0 bridgehead atoms. The number of aromatic nitrogens is 2. The van der Waals surface area contributed by atoms with Crippen LogP contribution in [-0.4, -0.2) is 28.5 Å². The summed E-state index contributed by atoms with van der Waals surface area (Å²) < 4.78 is 5.17. The smallest absolute Gasteiger partial charge is 0.257 e. The van der Waals surface area contributed by atoms with Gasteiger partial charge in [0.25, 0.3) is 5.89 Å². The molecular formula is C21H20N4O3.